The molecule has 31 heavy (non-hydrogen) atoms. The van der Waals surface area contributed by atoms with Gasteiger partial charge in [-0.05, 0) is 82.3 Å². The third kappa shape index (κ3) is 3.77. The molecule has 2 fully saturated rings. The van der Waals surface area contributed by atoms with Crippen LogP contribution in [-0.4, -0.2) is 29.1 Å². The zero-order valence-electron chi connectivity index (χ0n) is 17.9. The van der Waals surface area contributed by atoms with Crippen LogP contribution in [0, 0.1) is 11.7 Å². The maximum absolute atomic E-state index is 13.2. The summed E-state index contributed by atoms with van der Waals surface area (Å²) in [5.41, 5.74) is 1.90. The van der Waals surface area contributed by atoms with Gasteiger partial charge in [0.25, 0.3) is 5.91 Å². The normalized spacial score (nSPS) is 22.8. The van der Waals surface area contributed by atoms with Gasteiger partial charge in [0, 0.05) is 18.0 Å². The van der Waals surface area contributed by atoms with Crippen LogP contribution in [-0.2, 0) is 10.3 Å². The van der Waals surface area contributed by atoms with Crippen LogP contribution in [0.4, 0.5) is 14.9 Å². The van der Waals surface area contributed by atoms with Gasteiger partial charge in [-0.1, -0.05) is 0 Å². The number of benzene rings is 1. The topological polar surface area (TPSA) is 71.5 Å². The van der Waals surface area contributed by atoms with Crippen molar-refractivity contribution in [2.45, 2.75) is 57.1 Å². The van der Waals surface area contributed by atoms with Gasteiger partial charge in [0.1, 0.15) is 11.4 Å². The minimum absolute atomic E-state index is 0.239. The van der Waals surface area contributed by atoms with Crippen molar-refractivity contribution in [3.8, 4) is 0 Å². The first-order chi connectivity index (χ1) is 14.7. The first-order valence-electron chi connectivity index (χ1n) is 10.8. The summed E-state index contributed by atoms with van der Waals surface area (Å²) < 4.78 is 18.8. The fourth-order valence-corrected chi connectivity index (χ4v) is 4.30. The van der Waals surface area contributed by atoms with Crippen molar-refractivity contribution in [3.63, 3.8) is 0 Å². The first-order valence-corrected chi connectivity index (χ1v) is 10.8. The molecule has 2 heterocycles. The van der Waals surface area contributed by atoms with E-state index in [0.29, 0.717) is 23.9 Å². The number of hydrogen-bond donors (Lipinski definition) is 1. The van der Waals surface area contributed by atoms with E-state index in [1.165, 1.54) is 24.3 Å². The predicted octanol–water partition coefficient (Wildman–Crippen LogP) is 4.50. The van der Waals surface area contributed by atoms with Crippen LogP contribution in [0.2, 0.25) is 0 Å². The third-order valence-electron chi connectivity index (χ3n) is 6.20. The lowest BCUT2D eigenvalue weighted by atomic mass is 10.0. The molecule has 2 unspecified atom stereocenters. The number of amides is 2. The molecule has 3 aliphatic rings. The van der Waals surface area contributed by atoms with E-state index in [1.807, 2.05) is 32.9 Å². The molecular formula is C24H26FN3O3. The maximum Gasteiger partial charge on any atom is 0.414 e. The van der Waals surface area contributed by atoms with Crippen molar-refractivity contribution < 1.29 is 18.7 Å². The Morgan fingerprint density at radius 3 is 2.52 bits per heavy atom. The van der Waals surface area contributed by atoms with Crippen LogP contribution in [0.3, 0.4) is 0 Å². The molecule has 0 saturated heterocycles. The number of nitrogens with one attached hydrogen (secondary N) is 1. The summed E-state index contributed by atoms with van der Waals surface area (Å²) in [7, 11) is 0. The Labute approximate surface area is 180 Å². The smallest absolute Gasteiger partial charge is 0.414 e. The molecule has 1 aliphatic heterocycles. The summed E-state index contributed by atoms with van der Waals surface area (Å²) in [6, 6.07) is 9.36. The summed E-state index contributed by atoms with van der Waals surface area (Å²) in [6.45, 7) is 6.23. The minimum Gasteiger partial charge on any atom is -0.443 e. The lowest BCUT2D eigenvalue weighted by Crippen LogP contribution is -2.41. The molecule has 5 rings (SSSR count). The van der Waals surface area contributed by atoms with Gasteiger partial charge in [-0.3, -0.25) is 14.7 Å². The number of pyridine rings is 1. The summed E-state index contributed by atoms with van der Waals surface area (Å²) in [4.78, 5) is 32.1. The molecule has 2 atom stereocenters. The number of hydrogen-bond acceptors (Lipinski definition) is 4. The molecule has 7 heteroatoms. The summed E-state index contributed by atoms with van der Waals surface area (Å²) in [5, 5.41) is 3.09. The zero-order valence-corrected chi connectivity index (χ0v) is 17.9. The quantitative estimate of drug-likeness (QED) is 0.789. The second-order valence-corrected chi connectivity index (χ2v) is 9.84. The number of carbonyl (C=O) groups excluding carboxylic acids is 2. The number of rotatable bonds is 3. The Kier molecular flexibility index (Phi) is 4.36. The summed E-state index contributed by atoms with van der Waals surface area (Å²) >= 11 is 0. The van der Waals surface area contributed by atoms with E-state index >= 15 is 0 Å². The number of ether oxygens (including phenoxy) is 1. The Morgan fingerprint density at radius 2 is 1.87 bits per heavy atom. The molecule has 2 amide bonds. The SMILES string of the molecule is CC(C)(C)OC(=O)N1CC2CC2c2nc(C3(NC(=O)c4ccc(F)cc4)CC3)ccc21. The van der Waals surface area contributed by atoms with Gasteiger partial charge in [-0.15, -0.1) is 0 Å². The molecule has 1 aromatic heterocycles. The van der Waals surface area contributed by atoms with Crippen molar-refractivity contribution >= 4 is 17.7 Å². The number of anilines is 1. The van der Waals surface area contributed by atoms with Gasteiger partial charge in [-0.2, -0.15) is 0 Å². The number of aromatic nitrogens is 1. The van der Waals surface area contributed by atoms with Crippen molar-refractivity contribution in [3.05, 3.63) is 59.2 Å². The lowest BCUT2D eigenvalue weighted by molar-refractivity contribution is 0.0576. The van der Waals surface area contributed by atoms with E-state index in [2.05, 4.69) is 5.32 Å². The molecule has 1 aromatic carbocycles. The average Bonchev–Trinajstić information content (AvgIpc) is 3.61. The Morgan fingerprint density at radius 1 is 1.16 bits per heavy atom. The van der Waals surface area contributed by atoms with E-state index in [9.17, 15) is 14.0 Å². The molecular weight excluding hydrogens is 397 g/mol. The Bertz CT molecular complexity index is 1060. The molecule has 6 nitrogen and oxygen atoms in total. The van der Waals surface area contributed by atoms with Crippen molar-refractivity contribution in [1.29, 1.82) is 0 Å². The van der Waals surface area contributed by atoms with Crippen LogP contribution in [0.5, 0.6) is 0 Å². The number of halogens is 1. The largest absolute Gasteiger partial charge is 0.443 e. The Balaban J connectivity index is 1.40. The second-order valence-electron chi connectivity index (χ2n) is 9.84. The molecule has 2 aliphatic carbocycles. The van der Waals surface area contributed by atoms with Crippen LogP contribution >= 0.6 is 0 Å². The highest BCUT2D eigenvalue weighted by molar-refractivity contribution is 5.95. The van der Waals surface area contributed by atoms with Crippen LogP contribution in [0.1, 0.15) is 67.7 Å². The van der Waals surface area contributed by atoms with Crippen LogP contribution < -0.4 is 10.2 Å². The van der Waals surface area contributed by atoms with Gasteiger partial charge in [0.2, 0.25) is 0 Å². The van der Waals surface area contributed by atoms with Gasteiger partial charge in [0.15, 0.2) is 0 Å². The van der Waals surface area contributed by atoms with E-state index < -0.39 is 11.1 Å². The summed E-state index contributed by atoms with van der Waals surface area (Å²) in [5.74, 6) is 0.156. The third-order valence-corrected chi connectivity index (χ3v) is 6.20. The highest BCUT2D eigenvalue weighted by Gasteiger charge is 2.51. The molecule has 162 valence electrons. The van der Waals surface area contributed by atoms with Crippen LogP contribution in [0.15, 0.2) is 36.4 Å². The van der Waals surface area contributed by atoms with E-state index in [0.717, 1.165) is 36.3 Å². The zero-order chi connectivity index (χ0) is 22.0. The first kappa shape index (κ1) is 20.0. The van der Waals surface area contributed by atoms with E-state index in [1.54, 1.807) is 4.90 Å². The molecule has 0 spiro atoms. The monoisotopic (exact) mass is 423 g/mol. The summed E-state index contributed by atoms with van der Waals surface area (Å²) in [6.07, 6.45) is 2.27. The highest BCUT2D eigenvalue weighted by atomic mass is 19.1. The number of fused-ring (bicyclic) bond motifs is 3. The van der Waals surface area contributed by atoms with Crippen molar-refractivity contribution in [2.75, 3.05) is 11.4 Å². The van der Waals surface area contributed by atoms with Crippen LogP contribution in [0.25, 0.3) is 0 Å². The standard InChI is InChI=1S/C24H26FN3O3/c1-23(2,3)31-22(30)28-13-15-12-17(15)20-18(28)8-9-19(26-20)24(10-11-24)27-21(29)14-4-6-16(25)7-5-14/h4-9,15,17H,10-13H2,1-3H3,(H,27,29). The van der Waals surface area contributed by atoms with Gasteiger partial charge >= 0.3 is 6.09 Å². The maximum atomic E-state index is 13.2. The van der Waals surface area contributed by atoms with E-state index in [-0.39, 0.29) is 17.8 Å². The molecule has 0 bridgehead atoms. The lowest BCUT2D eigenvalue weighted by Gasteiger charge is -2.31. The molecule has 0 radical (unpaired) electrons. The van der Waals surface area contributed by atoms with Crippen molar-refractivity contribution in [2.24, 2.45) is 5.92 Å². The highest BCUT2D eigenvalue weighted by Crippen LogP contribution is 2.55. The van der Waals surface area contributed by atoms with Gasteiger partial charge in [-0.25, -0.2) is 9.18 Å². The van der Waals surface area contributed by atoms with Gasteiger partial charge in [0.05, 0.1) is 22.6 Å². The predicted molar refractivity (Wildman–Crippen MR) is 113 cm³/mol. The molecule has 2 aromatic rings. The number of nitrogens with zero attached hydrogens (tertiary/aromatic N) is 2. The average molecular weight is 423 g/mol. The second kappa shape index (κ2) is 6.77. The Hall–Kier alpha value is -2.96. The van der Waals surface area contributed by atoms with Crippen molar-refractivity contribution in [1.82, 2.24) is 10.3 Å². The number of carbonyl (C=O) groups is 2. The minimum atomic E-state index is -0.562. The fourth-order valence-electron chi connectivity index (χ4n) is 4.30. The molecule has 2 saturated carbocycles. The fraction of sp³-hybridized carbons (Fsp3) is 0.458. The van der Waals surface area contributed by atoms with E-state index in [4.69, 9.17) is 9.72 Å². The molecule has 1 N–H and O–H groups in total. The van der Waals surface area contributed by atoms with Gasteiger partial charge < -0.3 is 10.1 Å².